The highest BCUT2D eigenvalue weighted by Crippen LogP contribution is 2.27. The fraction of sp³-hybridized carbons (Fsp3) is 0.750. The lowest BCUT2D eigenvalue weighted by Gasteiger charge is -2.32. The Bertz CT molecular complexity index is 541. The lowest BCUT2D eigenvalue weighted by Crippen LogP contribution is -2.44. The molecule has 20 heavy (non-hydrogen) atoms. The molecule has 2 rings (SSSR count). The zero-order valence-corrected chi connectivity index (χ0v) is 12.8. The fourth-order valence-corrected chi connectivity index (χ4v) is 3.64. The molecule has 0 bridgehead atoms. The van der Waals surface area contributed by atoms with Gasteiger partial charge in [0.25, 0.3) is 10.2 Å². The number of piperidine rings is 1. The molecule has 1 aromatic heterocycles. The fourth-order valence-electron chi connectivity index (χ4n) is 2.45. The van der Waals surface area contributed by atoms with Crippen molar-refractivity contribution in [3.05, 3.63) is 18.0 Å². The van der Waals surface area contributed by atoms with Gasteiger partial charge in [-0.2, -0.15) is 22.1 Å². The van der Waals surface area contributed by atoms with Gasteiger partial charge >= 0.3 is 0 Å². The SMILES string of the molecule is CN(C)S(=O)(=O)N1CCC[C@@H](c2ccn(CCO)n2)C1. The molecule has 0 saturated carbocycles. The van der Waals surface area contributed by atoms with E-state index in [-0.39, 0.29) is 12.5 Å². The number of hydrogen-bond acceptors (Lipinski definition) is 4. The lowest BCUT2D eigenvalue weighted by atomic mass is 9.96. The summed E-state index contributed by atoms with van der Waals surface area (Å²) in [5, 5.41) is 13.3. The molecule has 0 spiro atoms. The molecule has 2 heterocycles. The third-order valence-corrected chi connectivity index (χ3v) is 5.49. The van der Waals surface area contributed by atoms with Gasteiger partial charge in [-0.1, -0.05) is 0 Å². The Morgan fingerprint density at radius 2 is 2.25 bits per heavy atom. The van der Waals surface area contributed by atoms with Crippen molar-refractivity contribution >= 4 is 10.2 Å². The molecule has 1 N–H and O–H groups in total. The van der Waals surface area contributed by atoms with Gasteiger partial charge in [-0.05, 0) is 18.9 Å². The Labute approximate surface area is 120 Å². The number of nitrogens with zero attached hydrogens (tertiary/aromatic N) is 4. The summed E-state index contributed by atoms with van der Waals surface area (Å²) in [5.41, 5.74) is 0.900. The van der Waals surface area contributed by atoms with Gasteiger partial charge in [-0.25, -0.2) is 0 Å². The first kappa shape index (κ1) is 15.4. The van der Waals surface area contributed by atoms with Gasteiger partial charge in [0.15, 0.2) is 0 Å². The molecule has 114 valence electrons. The molecule has 8 heteroatoms. The van der Waals surface area contributed by atoms with Crippen molar-refractivity contribution in [1.29, 1.82) is 0 Å². The minimum Gasteiger partial charge on any atom is -0.394 e. The van der Waals surface area contributed by atoms with Crippen LogP contribution in [0.5, 0.6) is 0 Å². The Kier molecular flexibility index (Phi) is 4.79. The van der Waals surface area contributed by atoms with Crippen LogP contribution in [-0.4, -0.2) is 65.7 Å². The summed E-state index contributed by atoms with van der Waals surface area (Å²) in [6.07, 6.45) is 3.60. The van der Waals surface area contributed by atoms with Crippen LogP contribution >= 0.6 is 0 Å². The third kappa shape index (κ3) is 3.20. The van der Waals surface area contributed by atoms with Crippen LogP contribution in [0.2, 0.25) is 0 Å². The quantitative estimate of drug-likeness (QED) is 0.821. The van der Waals surface area contributed by atoms with E-state index in [1.807, 2.05) is 12.3 Å². The standard InChI is InChI=1S/C12H22N4O3S/c1-14(2)20(18,19)16-6-3-4-11(10-16)12-5-7-15(13-12)8-9-17/h5,7,11,17H,3-4,6,8-10H2,1-2H3/t11-/m1/s1. The van der Waals surface area contributed by atoms with E-state index in [0.717, 1.165) is 18.5 Å². The van der Waals surface area contributed by atoms with Crippen molar-refractivity contribution in [2.24, 2.45) is 0 Å². The molecule has 0 aliphatic carbocycles. The van der Waals surface area contributed by atoms with Crippen LogP contribution in [0, 0.1) is 0 Å². The maximum absolute atomic E-state index is 12.2. The van der Waals surface area contributed by atoms with E-state index >= 15 is 0 Å². The normalized spacial score (nSPS) is 21.5. The van der Waals surface area contributed by atoms with Crippen LogP contribution in [0.25, 0.3) is 0 Å². The lowest BCUT2D eigenvalue weighted by molar-refractivity contribution is 0.267. The van der Waals surface area contributed by atoms with Crippen molar-refractivity contribution in [2.45, 2.75) is 25.3 Å². The first-order valence-electron chi connectivity index (χ1n) is 6.77. The van der Waals surface area contributed by atoms with Crippen molar-refractivity contribution in [1.82, 2.24) is 18.4 Å². The average molecular weight is 302 g/mol. The highest BCUT2D eigenvalue weighted by molar-refractivity contribution is 7.86. The third-order valence-electron chi connectivity index (χ3n) is 3.58. The second kappa shape index (κ2) is 6.21. The van der Waals surface area contributed by atoms with Gasteiger partial charge in [0, 0.05) is 39.3 Å². The molecule has 0 amide bonds. The number of rotatable bonds is 5. The van der Waals surface area contributed by atoms with E-state index in [1.165, 1.54) is 8.61 Å². The summed E-state index contributed by atoms with van der Waals surface area (Å²) in [6.45, 7) is 1.55. The first-order chi connectivity index (χ1) is 9.45. The van der Waals surface area contributed by atoms with Crippen molar-refractivity contribution in [3.63, 3.8) is 0 Å². The smallest absolute Gasteiger partial charge is 0.281 e. The highest BCUT2D eigenvalue weighted by atomic mass is 32.2. The predicted molar refractivity (Wildman–Crippen MR) is 75.5 cm³/mol. The van der Waals surface area contributed by atoms with Crippen LogP contribution in [-0.2, 0) is 16.8 Å². The van der Waals surface area contributed by atoms with E-state index in [0.29, 0.717) is 19.6 Å². The Balaban J connectivity index is 2.10. The minimum atomic E-state index is -3.35. The first-order valence-corrected chi connectivity index (χ1v) is 8.16. The van der Waals surface area contributed by atoms with E-state index in [2.05, 4.69) is 5.10 Å². The van der Waals surface area contributed by atoms with Gasteiger partial charge in [-0.3, -0.25) is 4.68 Å². The number of aliphatic hydroxyl groups excluding tert-OH is 1. The molecule has 1 aliphatic rings. The predicted octanol–water partition coefficient (Wildman–Crippen LogP) is -0.139. The number of aliphatic hydroxyl groups is 1. The highest BCUT2D eigenvalue weighted by Gasteiger charge is 2.31. The molecule has 0 unspecified atom stereocenters. The van der Waals surface area contributed by atoms with Crippen LogP contribution in [0.3, 0.4) is 0 Å². The van der Waals surface area contributed by atoms with Crippen molar-refractivity contribution in [3.8, 4) is 0 Å². The Morgan fingerprint density at radius 1 is 1.50 bits per heavy atom. The average Bonchev–Trinajstić information content (AvgIpc) is 2.88. The zero-order chi connectivity index (χ0) is 14.8. The topological polar surface area (TPSA) is 78.7 Å². The monoisotopic (exact) mass is 302 g/mol. The minimum absolute atomic E-state index is 0.0485. The maximum Gasteiger partial charge on any atom is 0.281 e. The number of aromatic nitrogens is 2. The summed E-state index contributed by atoms with van der Waals surface area (Å²) in [5.74, 6) is 0.124. The molecule has 1 atom stereocenters. The molecule has 0 aromatic carbocycles. The van der Waals surface area contributed by atoms with E-state index in [9.17, 15) is 8.42 Å². The Hall–Kier alpha value is -0.960. The molecule has 7 nitrogen and oxygen atoms in total. The summed E-state index contributed by atoms with van der Waals surface area (Å²) >= 11 is 0. The largest absolute Gasteiger partial charge is 0.394 e. The Morgan fingerprint density at radius 3 is 2.90 bits per heavy atom. The zero-order valence-electron chi connectivity index (χ0n) is 11.9. The van der Waals surface area contributed by atoms with Crippen LogP contribution < -0.4 is 0 Å². The van der Waals surface area contributed by atoms with Crippen LogP contribution in [0.15, 0.2) is 12.3 Å². The van der Waals surface area contributed by atoms with Crippen molar-refractivity contribution in [2.75, 3.05) is 33.8 Å². The van der Waals surface area contributed by atoms with E-state index in [1.54, 1.807) is 18.8 Å². The molecular weight excluding hydrogens is 280 g/mol. The summed E-state index contributed by atoms with van der Waals surface area (Å²) in [7, 11) is -0.251. The molecular formula is C12H22N4O3S. The van der Waals surface area contributed by atoms with E-state index < -0.39 is 10.2 Å². The molecule has 1 aromatic rings. The van der Waals surface area contributed by atoms with Crippen molar-refractivity contribution < 1.29 is 13.5 Å². The van der Waals surface area contributed by atoms with Crippen LogP contribution in [0.1, 0.15) is 24.5 Å². The van der Waals surface area contributed by atoms with Gasteiger partial charge in [0.2, 0.25) is 0 Å². The van der Waals surface area contributed by atoms with Gasteiger partial charge < -0.3 is 5.11 Å². The summed E-state index contributed by atoms with van der Waals surface area (Å²) in [6, 6.07) is 1.91. The number of hydrogen-bond donors (Lipinski definition) is 1. The van der Waals surface area contributed by atoms with Gasteiger partial charge in [0.05, 0.1) is 18.8 Å². The molecule has 1 fully saturated rings. The maximum atomic E-state index is 12.2. The second-order valence-corrected chi connectivity index (χ2v) is 7.36. The van der Waals surface area contributed by atoms with Crippen LogP contribution in [0.4, 0.5) is 0 Å². The van der Waals surface area contributed by atoms with Gasteiger partial charge in [0.1, 0.15) is 0 Å². The summed E-state index contributed by atoms with van der Waals surface area (Å²) in [4.78, 5) is 0. The summed E-state index contributed by atoms with van der Waals surface area (Å²) < 4.78 is 28.8. The molecule has 1 aliphatic heterocycles. The van der Waals surface area contributed by atoms with Gasteiger partial charge in [-0.15, -0.1) is 0 Å². The second-order valence-electron chi connectivity index (χ2n) is 5.21. The van der Waals surface area contributed by atoms with E-state index in [4.69, 9.17) is 5.11 Å². The molecule has 0 radical (unpaired) electrons. The molecule has 1 saturated heterocycles.